The molecule has 7 aromatic carbocycles. The molecule has 0 bridgehead atoms. The first-order chi connectivity index (χ1) is 24.7. The van der Waals surface area contributed by atoms with Crippen LogP contribution in [-0.2, 0) is 0 Å². The van der Waals surface area contributed by atoms with Crippen LogP contribution in [0.25, 0.3) is 0 Å². The highest BCUT2D eigenvalue weighted by Crippen LogP contribution is 2.45. The van der Waals surface area contributed by atoms with Crippen molar-refractivity contribution in [3.63, 3.8) is 0 Å². The molecule has 7 heteroatoms. The van der Waals surface area contributed by atoms with Crippen LogP contribution in [-0.4, -0.2) is 12.6 Å². The van der Waals surface area contributed by atoms with Crippen LogP contribution in [0.1, 0.15) is 0 Å². The number of halogens is 4. The van der Waals surface area contributed by atoms with Crippen molar-refractivity contribution in [2.45, 2.75) is 0 Å². The van der Waals surface area contributed by atoms with Gasteiger partial charge in [0.2, 0.25) is 0 Å². The van der Waals surface area contributed by atoms with E-state index in [1.807, 2.05) is 78.9 Å². The zero-order valence-corrected chi connectivity index (χ0v) is 29.3. The number of para-hydroxylation sites is 1. The number of benzene rings is 7. The maximum atomic E-state index is 14.0. The zero-order chi connectivity index (χ0) is 35.6. The van der Waals surface area contributed by atoms with Crippen molar-refractivity contribution in [1.29, 1.82) is 0 Å². The zero-order valence-electron chi connectivity index (χ0n) is 27.5. The van der Waals surface area contributed by atoms with Gasteiger partial charge in [-0.05, 0) is 131 Å². The topological polar surface area (TPSA) is 3.24 Å². The van der Waals surface area contributed by atoms with Crippen molar-refractivity contribution < 1.29 is 17.6 Å². The summed E-state index contributed by atoms with van der Waals surface area (Å²) < 4.78 is 56.0. The minimum Gasteiger partial charge on any atom is -0.311 e. The second-order valence-electron chi connectivity index (χ2n) is 12.2. The molecule has 0 saturated carbocycles. The van der Waals surface area contributed by atoms with Crippen LogP contribution in [0.15, 0.2) is 176 Å². The highest BCUT2D eigenvalue weighted by atomic mass is 31.2. The SMILES string of the molecule is C=P(c1ccc(F)cc1)(c1ccc(F)cc1)c1ccc(N(c2ccccc2)c2ccc(P(=C)(c3ccc(F)cc3)c3ccc(F)cc3)cc2)cc1. The van der Waals surface area contributed by atoms with Crippen molar-refractivity contribution in [2.24, 2.45) is 0 Å². The van der Waals surface area contributed by atoms with E-state index in [0.29, 0.717) is 0 Å². The molecular formula is C44H33F4NP2. The Hall–Kier alpha value is -5.34. The van der Waals surface area contributed by atoms with Gasteiger partial charge >= 0.3 is 0 Å². The Bertz CT molecular complexity index is 2110. The Morgan fingerprint density at radius 2 is 0.510 bits per heavy atom. The Morgan fingerprint density at radius 1 is 0.294 bits per heavy atom. The summed E-state index contributed by atoms with van der Waals surface area (Å²) >= 11 is 0. The maximum Gasteiger partial charge on any atom is 0.123 e. The maximum absolute atomic E-state index is 14.0. The van der Waals surface area contributed by atoms with Gasteiger partial charge in [0.15, 0.2) is 0 Å². The lowest BCUT2D eigenvalue weighted by molar-refractivity contribution is 0.628. The molecule has 7 aromatic rings. The molecule has 0 aliphatic heterocycles. The molecule has 51 heavy (non-hydrogen) atoms. The van der Waals surface area contributed by atoms with E-state index >= 15 is 0 Å². The minimum atomic E-state index is -2.50. The molecule has 0 aromatic heterocycles. The van der Waals surface area contributed by atoms with Gasteiger partial charge in [-0.25, -0.2) is 17.6 Å². The number of hydrogen-bond acceptors (Lipinski definition) is 1. The molecule has 0 N–H and O–H groups in total. The smallest absolute Gasteiger partial charge is 0.123 e. The van der Waals surface area contributed by atoms with E-state index < -0.39 is 13.8 Å². The van der Waals surface area contributed by atoms with Crippen LogP contribution in [0.5, 0.6) is 0 Å². The summed E-state index contributed by atoms with van der Waals surface area (Å²) in [4.78, 5) is 2.14. The van der Waals surface area contributed by atoms with E-state index in [1.54, 1.807) is 48.5 Å². The third kappa shape index (κ3) is 6.64. The molecule has 0 unspecified atom stereocenters. The number of anilines is 3. The summed E-state index contributed by atoms with van der Waals surface area (Å²) in [6, 6.07) is 51.9. The Labute approximate surface area is 296 Å². The van der Waals surface area contributed by atoms with Gasteiger partial charge in [-0.2, -0.15) is 0 Å². The van der Waals surface area contributed by atoms with Gasteiger partial charge in [0, 0.05) is 17.1 Å². The first-order valence-corrected chi connectivity index (χ1v) is 20.2. The Morgan fingerprint density at radius 3 is 0.765 bits per heavy atom. The molecule has 0 atom stereocenters. The summed E-state index contributed by atoms with van der Waals surface area (Å²) in [5, 5.41) is 5.42. The van der Waals surface area contributed by atoms with Crippen LogP contribution < -0.4 is 36.7 Å². The highest BCUT2D eigenvalue weighted by Gasteiger charge is 2.25. The molecule has 0 aliphatic carbocycles. The molecular weight excluding hydrogens is 680 g/mol. The van der Waals surface area contributed by atoms with Crippen LogP contribution in [0, 0.1) is 23.3 Å². The highest BCUT2D eigenvalue weighted by molar-refractivity contribution is 7.93. The van der Waals surface area contributed by atoms with E-state index in [0.717, 1.165) is 48.9 Å². The molecule has 0 amide bonds. The van der Waals surface area contributed by atoms with E-state index in [2.05, 4.69) is 4.90 Å². The van der Waals surface area contributed by atoms with Gasteiger partial charge < -0.3 is 4.90 Å². The van der Waals surface area contributed by atoms with Crippen molar-refractivity contribution in [3.8, 4) is 0 Å². The molecule has 0 aliphatic rings. The third-order valence-electron chi connectivity index (χ3n) is 9.18. The molecule has 0 spiro atoms. The van der Waals surface area contributed by atoms with Gasteiger partial charge in [-0.15, -0.1) is 0 Å². The fraction of sp³-hybridized carbons (Fsp3) is 0. The van der Waals surface area contributed by atoms with Crippen LogP contribution >= 0.6 is 13.8 Å². The van der Waals surface area contributed by atoms with Gasteiger partial charge in [0.1, 0.15) is 23.3 Å². The lowest BCUT2D eigenvalue weighted by Crippen LogP contribution is -2.26. The summed E-state index contributed by atoms with van der Waals surface area (Å²) in [6.45, 7) is -5.00. The monoisotopic (exact) mass is 713 g/mol. The van der Waals surface area contributed by atoms with Crippen molar-refractivity contribution >= 4 is 75.3 Å². The standard InChI is InChI=1S/C44H33F4NP2/c1-50(39-20-8-32(45)9-21-39,40-22-10-33(46)11-23-40)43-28-16-37(17-29-43)49(36-6-4-3-5-7-36)38-18-30-44(31-19-38)51(2,41-24-12-34(47)13-25-41)42-26-14-35(48)15-27-42/h3-31H,1-2H2. The lowest BCUT2D eigenvalue weighted by Gasteiger charge is -2.30. The number of hydrogen-bond donors (Lipinski definition) is 0. The lowest BCUT2D eigenvalue weighted by atomic mass is 10.2. The second-order valence-corrected chi connectivity index (χ2v) is 18.6. The normalized spacial score (nSPS) is 11.7. The van der Waals surface area contributed by atoms with Gasteiger partial charge in [0.05, 0.1) is 0 Å². The van der Waals surface area contributed by atoms with Gasteiger partial charge in [0.25, 0.3) is 0 Å². The number of rotatable bonds is 9. The Balaban J connectivity index is 1.31. The predicted octanol–water partition coefficient (Wildman–Crippen LogP) is 9.16. The summed E-state index contributed by atoms with van der Waals surface area (Å²) in [6.07, 6.45) is 9.46. The summed E-state index contributed by atoms with van der Waals surface area (Å²) in [5.41, 5.74) is 2.74. The quantitative estimate of drug-likeness (QED) is 0.107. The molecule has 7 rings (SSSR count). The van der Waals surface area contributed by atoms with Gasteiger partial charge in [-0.3, -0.25) is 0 Å². The van der Waals surface area contributed by atoms with Crippen LogP contribution in [0.3, 0.4) is 0 Å². The van der Waals surface area contributed by atoms with Crippen LogP contribution in [0.2, 0.25) is 0 Å². The molecule has 0 heterocycles. The molecule has 0 fully saturated rings. The van der Waals surface area contributed by atoms with Crippen molar-refractivity contribution in [2.75, 3.05) is 4.90 Å². The van der Waals surface area contributed by atoms with E-state index in [9.17, 15) is 17.6 Å². The predicted molar refractivity (Wildman–Crippen MR) is 213 cm³/mol. The van der Waals surface area contributed by atoms with E-state index in [1.165, 1.54) is 48.5 Å². The second kappa shape index (κ2) is 14.1. The van der Waals surface area contributed by atoms with E-state index in [-0.39, 0.29) is 23.3 Å². The van der Waals surface area contributed by atoms with Crippen LogP contribution in [0.4, 0.5) is 34.6 Å². The molecule has 0 radical (unpaired) electrons. The summed E-state index contributed by atoms with van der Waals surface area (Å²) in [7, 11) is 0. The third-order valence-corrected chi connectivity index (χ3v) is 16.3. The largest absolute Gasteiger partial charge is 0.311 e. The van der Waals surface area contributed by atoms with Crippen molar-refractivity contribution in [1.82, 2.24) is 0 Å². The van der Waals surface area contributed by atoms with Gasteiger partial charge in [-0.1, -0.05) is 104 Å². The first kappa shape index (κ1) is 34.1. The average Bonchev–Trinajstić information content (AvgIpc) is 3.16. The minimum absolute atomic E-state index is 0.335. The summed E-state index contributed by atoms with van der Waals surface area (Å²) in [5.74, 6) is -1.34. The molecule has 1 nitrogen and oxygen atoms in total. The first-order valence-electron chi connectivity index (χ1n) is 16.2. The fourth-order valence-electron chi connectivity index (χ4n) is 6.41. The molecule has 252 valence electrons. The number of nitrogens with zero attached hydrogens (tertiary/aromatic N) is 1. The van der Waals surface area contributed by atoms with Crippen molar-refractivity contribution in [3.05, 3.63) is 199 Å². The Kier molecular flexibility index (Phi) is 9.44. The molecule has 0 saturated heterocycles. The van der Waals surface area contributed by atoms with E-state index in [4.69, 9.17) is 12.6 Å². The fourth-order valence-corrected chi connectivity index (χ4v) is 12.2. The average molecular weight is 714 g/mol.